The largest absolute Gasteiger partial charge is 0.443 e. The van der Waals surface area contributed by atoms with Gasteiger partial charge < -0.3 is 4.74 Å². The number of nitrogens with zero attached hydrogens (tertiary/aromatic N) is 1. The molecule has 82 valence electrons. The molecule has 1 amide bonds. The van der Waals surface area contributed by atoms with Gasteiger partial charge in [0.2, 0.25) is 0 Å². The summed E-state index contributed by atoms with van der Waals surface area (Å²) in [7, 11) is 0. The van der Waals surface area contributed by atoms with E-state index in [1.54, 1.807) is 12.3 Å². The quantitative estimate of drug-likeness (QED) is 0.611. The molecule has 0 unspecified atom stereocenters. The highest BCUT2D eigenvalue weighted by molar-refractivity contribution is 5.70. The molecule has 1 aliphatic heterocycles. The smallest absolute Gasteiger partial charge is 0.414 e. The summed E-state index contributed by atoms with van der Waals surface area (Å²) < 4.78 is 5.25. The standard InChI is InChI=1S/C12H17NO2/c1-10-7-5-6-8-13(9-10)11(14)15-12(2,3)4/h5-8H,1,9H2,2-4H3. The first-order valence-corrected chi connectivity index (χ1v) is 4.91. The van der Waals surface area contributed by atoms with Crippen LogP contribution in [0.4, 0.5) is 4.79 Å². The molecule has 1 aliphatic rings. The van der Waals surface area contributed by atoms with E-state index in [4.69, 9.17) is 4.74 Å². The van der Waals surface area contributed by atoms with Crippen LogP contribution in [0.15, 0.2) is 36.6 Å². The molecule has 0 aromatic carbocycles. The Hall–Kier alpha value is -1.51. The lowest BCUT2D eigenvalue weighted by Gasteiger charge is -2.24. The molecular formula is C12H17NO2. The molecule has 15 heavy (non-hydrogen) atoms. The van der Waals surface area contributed by atoms with E-state index < -0.39 is 5.60 Å². The number of hydrogen-bond donors (Lipinski definition) is 0. The van der Waals surface area contributed by atoms with Crippen LogP contribution in [0.5, 0.6) is 0 Å². The minimum atomic E-state index is -0.466. The lowest BCUT2D eigenvalue weighted by atomic mass is 10.2. The van der Waals surface area contributed by atoms with Crippen molar-refractivity contribution in [2.24, 2.45) is 0 Å². The van der Waals surface area contributed by atoms with Gasteiger partial charge in [-0.15, -0.1) is 0 Å². The highest BCUT2D eigenvalue weighted by atomic mass is 16.6. The third-order valence-electron chi connectivity index (χ3n) is 1.71. The minimum absolute atomic E-state index is 0.344. The molecule has 0 radical (unpaired) electrons. The molecule has 0 bridgehead atoms. The summed E-state index contributed by atoms with van der Waals surface area (Å²) >= 11 is 0. The molecule has 0 fully saturated rings. The molecular weight excluding hydrogens is 190 g/mol. The van der Waals surface area contributed by atoms with Crippen LogP contribution in [-0.2, 0) is 4.74 Å². The van der Waals surface area contributed by atoms with Crippen LogP contribution in [0.1, 0.15) is 20.8 Å². The monoisotopic (exact) mass is 207 g/mol. The van der Waals surface area contributed by atoms with Crippen LogP contribution >= 0.6 is 0 Å². The summed E-state index contributed by atoms with van der Waals surface area (Å²) in [5, 5.41) is 0. The van der Waals surface area contributed by atoms with Crippen LogP contribution in [0.2, 0.25) is 0 Å². The van der Waals surface area contributed by atoms with E-state index in [2.05, 4.69) is 6.58 Å². The number of rotatable bonds is 0. The Bertz CT molecular complexity index is 321. The summed E-state index contributed by atoms with van der Waals surface area (Å²) in [6.07, 6.45) is 6.88. The fourth-order valence-electron chi connectivity index (χ4n) is 1.12. The van der Waals surface area contributed by atoms with E-state index >= 15 is 0 Å². The van der Waals surface area contributed by atoms with Crippen molar-refractivity contribution in [1.82, 2.24) is 4.90 Å². The first kappa shape index (κ1) is 11.6. The zero-order valence-electron chi connectivity index (χ0n) is 9.49. The maximum atomic E-state index is 11.7. The van der Waals surface area contributed by atoms with E-state index in [1.165, 1.54) is 4.90 Å². The summed E-state index contributed by atoms with van der Waals surface area (Å²) in [6.45, 7) is 9.84. The van der Waals surface area contributed by atoms with E-state index in [0.29, 0.717) is 6.54 Å². The zero-order chi connectivity index (χ0) is 11.5. The van der Waals surface area contributed by atoms with Gasteiger partial charge in [0.05, 0.1) is 6.54 Å². The summed E-state index contributed by atoms with van der Waals surface area (Å²) in [5.41, 5.74) is 0.414. The predicted molar refractivity (Wildman–Crippen MR) is 60.4 cm³/mol. The van der Waals surface area contributed by atoms with Gasteiger partial charge >= 0.3 is 6.09 Å². The molecule has 1 heterocycles. The Morgan fingerprint density at radius 3 is 2.73 bits per heavy atom. The molecule has 1 rings (SSSR count). The molecule has 0 aromatic rings. The second kappa shape index (κ2) is 4.34. The van der Waals surface area contributed by atoms with Crippen molar-refractivity contribution in [3.63, 3.8) is 0 Å². The number of ether oxygens (including phenoxy) is 1. The lowest BCUT2D eigenvalue weighted by molar-refractivity contribution is 0.0350. The molecule has 3 heteroatoms. The van der Waals surface area contributed by atoms with Crippen molar-refractivity contribution < 1.29 is 9.53 Å². The van der Waals surface area contributed by atoms with Crippen molar-refractivity contribution in [2.45, 2.75) is 26.4 Å². The Morgan fingerprint density at radius 2 is 2.13 bits per heavy atom. The van der Waals surface area contributed by atoms with Crippen LogP contribution in [0, 0.1) is 0 Å². The van der Waals surface area contributed by atoms with Gasteiger partial charge in [0.1, 0.15) is 5.60 Å². The van der Waals surface area contributed by atoms with Gasteiger partial charge in [0.15, 0.2) is 0 Å². The number of carbonyl (C=O) groups excluding carboxylic acids is 1. The lowest BCUT2D eigenvalue weighted by Crippen LogP contribution is -2.34. The van der Waals surface area contributed by atoms with Gasteiger partial charge in [-0.1, -0.05) is 18.7 Å². The third-order valence-corrected chi connectivity index (χ3v) is 1.71. The SMILES string of the molecule is C=C1C=CC=CN(C(=O)OC(C)(C)C)C1. The van der Waals surface area contributed by atoms with Gasteiger partial charge in [-0.05, 0) is 32.4 Å². The van der Waals surface area contributed by atoms with E-state index in [1.807, 2.05) is 32.9 Å². The second-order valence-electron chi connectivity index (χ2n) is 4.47. The number of amides is 1. The molecule has 0 N–H and O–H groups in total. The summed E-state index contributed by atoms with van der Waals surface area (Å²) in [5.74, 6) is 0. The Kier molecular flexibility index (Phi) is 3.35. The number of carbonyl (C=O) groups is 1. The minimum Gasteiger partial charge on any atom is -0.443 e. The average Bonchev–Trinajstić information content (AvgIpc) is 2.26. The topological polar surface area (TPSA) is 29.5 Å². The van der Waals surface area contributed by atoms with Crippen LogP contribution in [0.25, 0.3) is 0 Å². The maximum Gasteiger partial charge on any atom is 0.414 e. The van der Waals surface area contributed by atoms with Gasteiger partial charge in [-0.25, -0.2) is 4.79 Å². The fraction of sp³-hybridized carbons (Fsp3) is 0.417. The Morgan fingerprint density at radius 1 is 1.47 bits per heavy atom. The van der Waals surface area contributed by atoms with Gasteiger partial charge in [0.25, 0.3) is 0 Å². The van der Waals surface area contributed by atoms with E-state index in [9.17, 15) is 4.79 Å². The van der Waals surface area contributed by atoms with E-state index in [0.717, 1.165) is 5.57 Å². The van der Waals surface area contributed by atoms with Gasteiger partial charge in [-0.2, -0.15) is 0 Å². The first-order valence-electron chi connectivity index (χ1n) is 4.91. The summed E-state index contributed by atoms with van der Waals surface area (Å²) in [6, 6.07) is 0. The Balaban J connectivity index is 2.64. The average molecular weight is 207 g/mol. The normalized spacial score (nSPS) is 16.5. The predicted octanol–water partition coefficient (Wildman–Crippen LogP) is 2.86. The maximum absolute atomic E-state index is 11.7. The number of hydrogen-bond acceptors (Lipinski definition) is 2. The fourth-order valence-corrected chi connectivity index (χ4v) is 1.12. The first-order chi connectivity index (χ1) is 6.88. The van der Waals surface area contributed by atoms with Crippen LogP contribution in [-0.4, -0.2) is 23.1 Å². The van der Waals surface area contributed by atoms with Crippen molar-refractivity contribution in [2.75, 3.05) is 6.54 Å². The third kappa shape index (κ3) is 4.02. The zero-order valence-corrected chi connectivity index (χ0v) is 9.49. The van der Waals surface area contributed by atoms with Crippen molar-refractivity contribution >= 4 is 6.09 Å². The molecule has 3 nitrogen and oxygen atoms in total. The van der Waals surface area contributed by atoms with Crippen molar-refractivity contribution in [3.05, 3.63) is 36.6 Å². The molecule has 0 aromatic heterocycles. The van der Waals surface area contributed by atoms with Crippen LogP contribution < -0.4 is 0 Å². The molecule has 0 atom stereocenters. The highest BCUT2D eigenvalue weighted by Gasteiger charge is 2.21. The number of allylic oxidation sites excluding steroid dienone is 2. The van der Waals surface area contributed by atoms with Gasteiger partial charge in [-0.3, -0.25) is 4.90 Å². The van der Waals surface area contributed by atoms with Crippen molar-refractivity contribution in [3.8, 4) is 0 Å². The molecule has 0 aliphatic carbocycles. The highest BCUT2D eigenvalue weighted by Crippen LogP contribution is 2.12. The molecule has 0 spiro atoms. The van der Waals surface area contributed by atoms with Gasteiger partial charge in [0, 0.05) is 6.20 Å². The van der Waals surface area contributed by atoms with Crippen LogP contribution in [0.3, 0.4) is 0 Å². The Labute approximate surface area is 90.7 Å². The summed E-state index contributed by atoms with van der Waals surface area (Å²) in [4.78, 5) is 13.2. The molecule has 0 saturated carbocycles. The van der Waals surface area contributed by atoms with E-state index in [-0.39, 0.29) is 6.09 Å². The molecule has 0 saturated heterocycles. The second-order valence-corrected chi connectivity index (χ2v) is 4.47. The van der Waals surface area contributed by atoms with Crippen molar-refractivity contribution in [1.29, 1.82) is 0 Å².